The van der Waals surface area contributed by atoms with E-state index in [1.165, 1.54) is 0 Å². The second-order valence-electron chi connectivity index (χ2n) is 7.68. The Labute approximate surface area is 178 Å². The number of hydrogen-bond acceptors (Lipinski definition) is 7. The van der Waals surface area contributed by atoms with Crippen LogP contribution in [0.4, 0.5) is 0 Å². The maximum atomic E-state index is 12.7. The second kappa shape index (κ2) is 11.5. The van der Waals surface area contributed by atoms with E-state index in [0.29, 0.717) is 70.5 Å². The van der Waals surface area contributed by atoms with E-state index in [1.54, 1.807) is 6.92 Å². The lowest BCUT2D eigenvalue weighted by Gasteiger charge is -2.36. The van der Waals surface area contributed by atoms with Crippen molar-refractivity contribution in [3.63, 3.8) is 0 Å². The molecule has 2 rings (SSSR count). The van der Waals surface area contributed by atoms with Gasteiger partial charge in [-0.3, -0.25) is 4.79 Å². The average molecular weight is 426 g/mol. The number of phenols is 1. The molecule has 1 heterocycles. The van der Waals surface area contributed by atoms with E-state index < -0.39 is 5.60 Å². The molecule has 0 aliphatic carbocycles. The molecule has 1 aromatic carbocycles. The molecule has 1 atom stereocenters. The van der Waals surface area contributed by atoms with Gasteiger partial charge < -0.3 is 34.5 Å². The Balaban J connectivity index is 1.73. The van der Waals surface area contributed by atoms with Crippen LogP contribution < -0.4 is 10.1 Å². The molecule has 0 radical (unpaired) electrons. The Morgan fingerprint density at radius 3 is 2.23 bits per heavy atom. The monoisotopic (exact) mass is 425 g/mol. The minimum Gasteiger partial charge on any atom is -0.507 e. The van der Waals surface area contributed by atoms with Crippen molar-refractivity contribution >= 4 is 5.91 Å². The number of nitrogens with one attached hydrogen (secondary N) is 1. The maximum absolute atomic E-state index is 12.7. The molecule has 3 N–H and O–H groups in total. The Kier molecular flexibility index (Phi) is 9.36. The number of amides is 1. The van der Waals surface area contributed by atoms with Gasteiger partial charge in [0.2, 0.25) is 0 Å². The van der Waals surface area contributed by atoms with Gasteiger partial charge in [0.25, 0.3) is 5.91 Å². The summed E-state index contributed by atoms with van der Waals surface area (Å²) in [5, 5.41) is 21.7. The van der Waals surface area contributed by atoms with Crippen molar-refractivity contribution in [3.8, 4) is 11.5 Å². The Bertz CT molecular complexity index is 722. The number of hydrogen-bond donors (Lipinski definition) is 3. The zero-order chi connectivity index (χ0) is 22.1. The van der Waals surface area contributed by atoms with Gasteiger partial charge in [0.05, 0.1) is 46.2 Å². The minimum atomic E-state index is -0.953. The fraction of sp³-hybridized carbons (Fsp3) is 0.682. The highest BCUT2D eigenvalue weighted by molar-refractivity contribution is 5.85. The minimum absolute atomic E-state index is 0.00785. The summed E-state index contributed by atoms with van der Waals surface area (Å²) in [7, 11) is 0. The molecule has 8 heteroatoms. The van der Waals surface area contributed by atoms with Crippen LogP contribution in [0, 0.1) is 20.8 Å². The van der Waals surface area contributed by atoms with Crippen molar-refractivity contribution in [1.82, 2.24) is 5.32 Å². The SMILES string of the molecule is Cc1c(C)c2c(c(C)c1O)CCC(C)(C(=O)NCCOCCOCCOCCO)O2. The molecule has 0 aromatic heterocycles. The third-order valence-corrected chi connectivity index (χ3v) is 5.51. The van der Waals surface area contributed by atoms with Gasteiger partial charge in [-0.05, 0) is 50.8 Å². The summed E-state index contributed by atoms with van der Waals surface area (Å²) in [5.41, 5.74) is 2.51. The van der Waals surface area contributed by atoms with Crippen LogP contribution in [0.15, 0.2) is 0 Å². The Morgan fingerprint density at radius 1 is 1.00 bits per heavy atom. The van der Waals surface area contributed by atoms with Gasteiger partial charge >= 0.3 is 0 Å². The van der Waals surface area contributed by atoms with Crippen molar-refractivity contribution in [3.05, 3.63) is 22.3 Å². The van der Waals surface area contributed by atoms with Crippen LogP contribution in [-0.2, 0) is 25.4 Å². The molecular weight excluding hydrogens is 390 g/mol. The van der Waals surface area contributed by atoms with Crippen LogP contribution in [0.2, 0.25) is 0 Å². The first kappa shape index (κ1) is 24.4. The number of rotatable bonds is 12. The third kappa shape index (κ3) is 6.07. The van der Waals surface area contributed by atoms with E-state index in [2.05, 4.69) is 5.32 Å². The molecule has 1 aliphatic rings. The van der Waals surface area contributed by atoms with Crippen molar-refractivity contribution in [1.29, 1.82) is 0 Å². The number of fused-ring (bicyclic) bond motifs is 1. The lowest BCUT2D eigenvalue weighted by atomic mass is 9.86. The van der Waals surface area contributed by atoms with Crippen LogP contribution in [0.5, 0.6) is 11.5 Å². The smallest absolute Gasteiger partial charge is 0.263 e. The Hall–Kier alpha value is -1.87. The Morgan fingerprint density at radius 2 is 1.60 bits per heavy atom. The van der Waals surface area contributed by atoms with Gasteiger partial charge in [0.1, 0.15) is 11.5 Å². The molecule has 0 fully saturated rings. The summed E-state index contributed by atoms with van der Waals surface area (Å²) in [4.78, 5) is 12.7. The van der Waals surface area contributed by atoms with E-state index >= 15 is 0 Å². The van der Waals surface area contributed by atoms with Crippen molar-refractivity contribution in [2.45, 2.75) is 46.1 Å². The average Bonchev–Trinajstić information content (AvgIpc) is 2.74. The van der Waals surface area contributed by atoms with Gasteiger partial charge in [-0.1, -0.05) is 0 Å². The van der Waals surface area contributed by atoms with E-state index in [4.69, 9.17) is 24.1 Å². The summed E-state index contributed by atoms with van der Waals surface area (Å²) in [6, 6.07) is 0. The molecule has 170 valence electrons. The zero-order valence-electron chi connectivity index (χ0n) is 18.5. The number of ether oxygens (including phenoxy) is 4. The summed E-state index contributed by atoms with van der Waals surface area (Å²) in [6.07, 6.45) is 1.22. The molecule has 0 bridgehead atoms. The first-order valence-corrected chi connectivity index (χ1v) is 10.4. The van der Waals surface area contributed by atoms with Crippen LogP contribution in [0.25, 0.3) is 0 Å². The number of carbonyl (C=O) groups is 1. The number of aliphatic hydroxyl groups is 1. The highest BCUT2D eigenvalue weighted by Crippen LogP contribution is 2.43. The van der Waals surface area contributed by atoms with Crippen molar-refractivity contribution < 1.29 is 34.0 Å². The van der Waals surface area contributed by atoms with Gasteiger partial charge in [-0.15, -0.1) is 0 Å². The van der Waals surface area contributed by atoms with E-state index in [-0.39, 0.29) is 12.5 Å². The number of phenolic OH excluding ortho intramolecular Hbond substituents is 1. The number of aliphatic hydroxyl groups excluding tert-OH is 1. The fourth-order valence-corrected chi connectivity index (χ4v) is 3.44. The molecule has 0 saturated carbocycles. The predicted molar refractivity (Wildman–Crippen MR) is 112 cm³/mol. The van der Waals surface area contributed by atoms with E-state index in [0.717, 1.165) is 22.3 Å². The quantitative estimate of drug-likeness (QED) is 0.436. The highest BCUT2D eigenvalue weighted by atomic mass is 16.5. The molecule has 8 nitrogen and oxygen atoms in total. The van der Waals surface area contributed by atoms with Crippen molar-refractivity contribution in [2.75, 3.05) is 52.8 Å². The molecule has 0 saturated heterocycles. The normalized spacial score (nSPS) is 18.0. The third-order valence-electron chi connectivity index (χ3n) is 5.51. The molecule has 1 unspecified atom stereocenters. The maximum Gasteiger partial charge on any atom is 0.263 e. The van der Waals surface area contributed by atoms with E-state index in [9.17, 15) is 9.90 Å². The molecule has 0 spiro atoms. The molecule has 1 amide bonds. The topological polar surface area (TPSA) is 106 Å². The van der Waals surface area contributed by atoms with Crippen LogP contribution in [0.1, 0.15) is 35.6 Å². The van der Waals surface area contributed by atoms with Crippen LogP contribution >= 0.6 is 0 Å². The molecule has 1 aromatic rings. The number of benzene rings is 1. The molecule has 1 aliphatic heterocycles. The standard InChI is InChI=1S/C22H35NO7/c1-15-16(2)20-18(17(3)19(15)25)5-6-22(4,30-20)21(26)23-7-9-27-11-13-29-14-12-28-10-8-24/h24-25H,5-14H2,1-4H3,(H,23,26). The highest BCUT2D eigenvalue weighted by Gasteiger charge is 2.40. The summed E-state index contributed by atoms with van der Waals surface area (Å²) in [6.45, 7) is 10.3. The van der Waals surface area contributed by atoms with E-state index in [1.807, 2.05) is 20.8 Å². The zero-order valence-corrected chi connectivity index (χ0v) is 18.5. The van der Waals surface area contributed by atoms with Gasteiger partial charge in [-0.2, -0.15) is 0 Å². The number of carbonyl (C=O) groups excluding carboxylic acids is 1. The molecule has 30 heavy (non-hydrogen) atoms. The second-order valence-corrected chi connectivity index (χ2v) is 7.68. The largest absolute Gasteiger partial charge is 0.507 e. The van der Waals surface area contributed by atoms with Crippen molar-refractivity contribution in [2.24, 2.45) is 0 Å². The van der Waals surface area contributed by atoms with Crippen LogP contribution in [-0.4, -0.2) is 74.5 Å². The first-order chi connectivity index (χ1) is 14.3. The summed E-state index contributed by atoms with van der Waals surface area (Å²) >= 11 is 0. The van der Waals surface area contributed by atoms with Gasteiger partial charge in [0.15, 0.2) is 5.60 Å². The summed E-state index contributed by atoms with van der Waals surface area (Å²) in [5.74, 6) is 0.849. The summed E-state index contributed by atoms with van der Waals surface area (Å²) < 4.78 is 22.0. The van der Waals surface area contributed by atoms with Crippen LogP contribution in [0.3, 0.4) is 0 Å². The number of aromatic hydroxyl groups is 1. The van der Waals surface area contributed by atoms with Gasteiger partial charge in [-0.25, -0.2) is 0 Å². The lowest BCUT2D eigenvalue weighted by Crippen LogP contribution is -2.51. The lowest BCUT2D eigenvalue weighted by molar-refractivity contribution is -0.137. The molecular formula is C22H35NO7. The predicted octanol–water partition coefficient (Wildman–Crippen LogP) is 1.56. The first-order valence-electron chi connectivity index (χ1n) is 10.4. The van der Waals surface area contributed by atoms with Gasteiger partial charge in [0, 0.05) is 18.5 Å². The fourth-order valence-electron chi connectivity index (χ4n) is 3.44.